The number of aryl methyl sites for hydroxylation is 1. The van der Waals surface area contributed by atoms with Crippen molar-refractivity contribution < 1.29 is 0 Å². The Hall–Kier alpha value is -0.310. The van der Waals surface area contributed by atoms with Gasteiger partial charge >= 0.3 is 0 Å². The van der Waals surface area contributed by atoms with Gasteiger partial charge in [0.2, 0.25) is 0 Å². The molecule has 0 saturated heterocycles. The highest BCUT2D eigenvalue weighted by molar-refractivity contribution is 9.09. The fourth-order valence-corrected chi connectivity index (χ4v) is 4.81. The Balaban J connectivity index is 2.06. The van der Waals surface area contributed by atoms with E-state index in [9.17, 15) is 0 Å². The molecule has 0 aliphatic carbocycles. The van der Waals surface area contributed by atoms with Gasteiger partial charge in [0.1, 0.15) is 0 Å². The maximum atomic E-state index is 6.01. The van der Waals surface area contributed by atoms with Gasteiger partial charge in [-0.3, -0.25) is 0 Å². The van der Waals surface area contributed by atoms with Gasteiger partial charge in [0, 0.05) is 21.1 Å². The van der Waals surface area contributed by atoms with Crippen LogP contribution in [0.2, 0.25) is 5.02 Å². The van der Waals surface area contributed by atoms with E-state index in [-0.39, 0.29) is 5.41 Å². The normalized spacial score (nSPS) is 11.6. The molecule has 0 fully saturated rings. The summed E-state index contributed by atoms with van der Waals surface area (Å²) in [6.45, 7) is 0. The average molecular weight is 431 g/mol. The topological polar surface area (TPSA) is 0 Å². The number of rotatable bonds is 7. The lowest BCUT2D eigenvalue weighted by molar-refractivity contribution is 0.484. The highest BCUT2D eigenvalue weighted by atomic mass is 79.9. The van der Waals surface area contributed by atoms with E-state index in [1.807, 2.05) is 12.1 Å². The summed E-state index contributed by atoms with van der Waals surface area (Å²) in [5.74, 6) is 0. The summed E-state index contributed by atoms with van der Waals surface area (Å²) in [5, 5.41) is 2.68. The van der Waals surface area contributed by atoms with Gasteiger partial charge in [-0.25, -0.2) is 0 Å². The number of benzene rings is 2. The van der Waals surface area contributed by atoms with E-state index in [1.165, 1.54) is 17.5 Å². The third kappa shape index (κ3) is 4.58. The summed E-state index contributed by atoms with van der Waals surface area (Å²) >= 11 is 13.4. The number of alkyl halides is 2. The first-order valence-electron chi connectivity index (χ1n) is 7.12. The van der Waals surface area contributed by atoms with Gasteiger partial charge in [-0.2, -0.15) is 0 Å². The maximum Gasteiger partial charge on any atom is 0.0406 e. The summed E-state index contributed by atoms with van der Waals surface area (Å²) in [7, 11) is 0. The van der Waals surface area contributed by atoms with E-state index >= 15 is 0 Å². The van der Waals surface area contributed by atoms with Crippen molar-refractivity contribution in [2.24, 2.45) is 0 Å². The molecule has 0 atom stereocenters. The molecule has 0 N–H and O–H groups in total. The molecule has 0 radical (unpaired) electrons. The summed E-state index contributed by atoms with van der Waals surface area (Å²) in [4.78, 5) is 0. The predicted octanol–water partition coefficient (Wildman–Crippen LogP) is 6.39. The van der Waals surface area contributed by atoms with Crippen LogP contribution in [0, 0.1) is 0 Å². The molecule has 2 aromatic carbocycles. The lowest BCUT2D eigenvalue weighted by Crippen LogP contribution is -2.30. The Kier molecular flexibility index (Phi) is 6.78. The third-order valence-corrected chi connectivity index (χ3v) is 6.33. The van der Waals surface area contributed by atoms with Crippen molar-refractivity contribution in [3.8, 4) is 0 Å². The van der Waals surface area contributed by atoms with Crippen molar-refractivity contribution in [1.82, 2.24) is 0 Å². The molecule has 0 aliphatic rings. The van der Waals surface area contributed by atoms with Crippen LogP contribution in [0.5, 0.6) is 0 Å². The molecule has 0 aliphatic heterocycles. The highest BCUT2D eigenvalue weighted by Crippen LogP contribution is 2.34. The molecule has 0 unspecified atom stereocenters. The second-order valence-corrected chi connectivity index (χ2v) is 6.95. The van der Waals surface area contributed by atoms with Gasteiger partial charge in [0.05, 0.1) is 0 Å². The quantitative estimate of drug-likeness (QED) is 0.447. The molecule has 2 rings (SSSR count). The molecule has 3 heteroatoms. The molecule has 0 amide bonds. The van der Waals surface area contributed by atoms with Gasteiger partial charge in [-0.1, -0.05) is 85.9 Å². The van der Waals surface area contributed by atoms with Gasteiger partial charge in [0.15, 0.2) is 0 Å². The minimum atomic E-state index is 0.124. The largest absolute Gasteiger partial charge is 0.0918 e. The molecule has 0 aromatic heterocycles. The van der Waals surface area contributed by atoms with Crippen molar-refractivity contribution in [3.63, 3.8) is 0 Å². The van der Waals surface area contributed by atoms with Gasteiger partial charge < -0.3 is 0 Å². The SMILES string of the molecule is Clc1ccc(C(CBr)(CBr)CCCc2ccccc2)cc1. The fourth-order valence-electron chi connectivity index (χ4n) is 2.55. The van der Waals surface area contributed by atoms with Crippen LogP contribution in [-0.4, -0.2) is 10.7 Å². The van der Waals surface area contributed by atoms with Crippen LogP contribution < -0.4 is 0 Å². The molecule has 0 heterocycles. The zero-order chi connectivity index (χ0) is 15.1. The summed E-state index contributed by atoms with van der Waals surface area (Å²) in [5.41, 5.74) is 2.87. The highest BCUT2D eigenvalue weighted by Gasteiger charge is 2.29. The molecule has 21 heavy (non-hydrogen) atoms. The Morgan fingerprint density at radius 1 is 0.857 bits per heavy atom. The molecular formula is C18H19Br2Cl. The first-order valence-corrected chi connectivity index (χ1v) is 9.74. The van der Waals surface area contributed by atoms with Crippen molar-refractivity contribution >= 4 is 43.5 Å². The monoisotopic (exact) mass is 428 g/mol. The summed E-state index contributed by atoms with van der Waals surface area (Å²) < 4.78 is 0. The smallest absolute Gasteiger partial charge is 0.0406 e. The minimum absolute atomic E-state index is 0.124. The molecule has 0 spiro atoms. The van der Waals surface area contributed by atoms with E-state index in [0.717, 1.165) is 28.5 Å². The Labute approximate surface area is 149 Å². The first kappa shape index (κ1) is 17.1. The van der Waals surface area contributed by atoms with Crippen LogP contribution in [0.4, 0.5) is 0 Å². The van der Waals surface area contributed by atoms with Crippen molar-refractivity contribution in [3.05, 3.63) is 70.7 Å². The third-order valence-electron chi connectivity index (χ3n) is 3.93. The zero-order valence-corrected chi connectivity index (χ0v) is 15.8. The Morgan fingerprint density at radius 2 is 1.48 bits per heavy atom. The molecule has 2 aromatic rings. The van der Waals surface area contributed by atoms with Crippen LogP contribution in [0.15, 0.2) is 54.6 Å². The Bertz CT molecular complexity index is 533. The lowest BCUT2D eigenvalue weighted by atomic mass is 9.79. The lowest BCUT2D eigenvalue weighted by Gasteiger charge is -2.31. The molecule has 112 valence electrons. The van der Waals surface area contributed by atoms with Crippen molar-refractivity contribution in [2.75, 3.05) is 10.7 Å². The van der Waals surface area contributed by atoms with Crippen LogP contribution in [-0.2, 0) is 11.8 Å². The van der Waals surface area contributed by atoms with Crippen LogP contribution in [0.3, 0.4) is 0 Å². The van der Waals surface area contributed by atoms with E-state index in [0.29, 0.717) is 0 Å². The molecule has 0 saturated carbocycles. The predicted molar refractivity (Wildman–Crippen MR) is 100 cm³/mol. The minimum Gasteiger partial charge on any atom is -0.0918 e. The number of hydrogen-bond acceptors (Lipinski definition) is 0. The second kappa shape index (κ2) is 8.36. The molecular weight excluding hydrogens is 411 g/mol. The average Bonchev–Trinajstić information content (AvgIpc) is 2.54. The zero-order valence-electron chi connectivity index (χ0n) is 11.9. The molecule has 0 bridgehead atoms. The number of hydrogen-bond donors (Lipinski definition) is 0. The van der Waals surface area contributed by atoms with E-state index in [2.05, 4.69) is 74.3 Å². The van der Waals surface area contributed by atoms with Crippen molar-refractivity contribution in [2.45, 2.75) is 24.7 Å². The first-order chi connectivity index (χ1) is 10.2. The maximum absolute atomic E-state index is 6.01. The standard InChI is InChI=1S/C18H19Br2Cl/c19-13-18(14-20,16-8-10-17(21)11-9-16)12-4-7-15-5-2-1-3-6-15/h1-3,5-6,8-11H,4,7,12-14H2. The van der Waals surface area contributed by atoms with E-state index in [4.69, 9.17) is 11.6 Å². The second-order valence-electron chi connectivity index (χ2n) is 5.39. The van der Waals surface area contributed by atoms with Gasteiger partial charge in [0.25, 0.3) is 0 Å². The van der Waals surface area contributed by atoms with E-state index in [1.54, 1.807) is 0 Å². The summed E-state index contributed by atoms with van der Waals surface area (Å²) in [6, 6.07) is 18.9. The van der Waals surface area contributed by atoms with Gasteiger partial charge in [-0.15, -0.1) is 0 Å². The number of halogens is 3. The van der Waals surface area contributed by atoms with Crippen LogP contribution >= 0.6 is 43.5 Å². The van der Waals surface area contributed by atoms with Crippen LogP contribution in [0.1, 0.15) is 24.0 Å². The van der Waals surface area contributed by atoms with E-state index < -0.39 is 0 Å². The fraction of sp³-hybridized carbons (Fsp3) is 0.333. The van der Waals surface area contributed by atoms with Crippen LogP contribution in [0.25, 0.3) is 0 Å². The summed E-state index contributed by atoms with van der Waals surface area (Å²) in [6.07, 6.45) is 3.43. The van der Waals surface area contributed by atoms with Crippen molar-refractivity contribution in [1.29, 1.82) is 0 Å². The Morgan fingerprint density at radius 3 is 2.05 bits per heavy atom. The molecule has 0 nitrogen and oxygen atoms in total. The van der Waals surface area contributed by atoms with Gasteiger partial charge in [-0.05, 0) is 42.5 Å².